The Hall–Kier alpha value is -4.66. The van der Waals surface area contributed by atoms with Gasteiger partial charge < -0.3 is 16.0 Å². The zero-order chi connectivity index (χ0) is 25.2. The Morgan fingerprint density at radius 3 is 2.53 bits per heavy atom. The fourth-order valence-corrected chi connectivity index (χ4v) is 4.24. The molecule has 3 heterocycles. The fourth-order valence-electron chi connectivity index (χ4n) is 4.24. The van der Waals surface area contributed by atoms with Crippen LogP contribution in [0.3, 0.4) is 0 Å². The van der Waals surface area contributed by atoms with Crippen LogP contribution in [-0.4, -0.2) is 31.8 Å². The number of anilines is 3. The summed E-state index contributed by atoms with van der Waals surface area (Å²) in [6.45, 7) is 6.35. The van der Waals surface area contributed by atoms with E-state index >= 15 is 0 Å². The second-order valence-electron chi connectivity index (χ2n) is 8.77. The summed E-state index contributed by atoms with van der Waals surface area (Å²) in [6, 6.07) is 17.4. The molecule has 0 unspecified atom stereocenters. The first-order chi connectivity index (χ1) is 17.4. The molecular weight excluding hydrogens is 454 g/mol. The van der Waals surface area contributed by atoms with Gasteiger partial charge in [-0.05, 0) is 68.7 Å². The van der Waals surface area contributed by atoms with Gasteiger partial charge in [0.2, 0.25) is 0 Å². The molecule has 182 valence electrons. The van der Waals surface area contributed by atoms with Crippen LogP contribution in [0.5, 0.6) is 0 Å². The van der Waals surface area contributed by atoms with Crippen molar-refractivity contribution in [2.24, 2.45) is 0 Å². The molecule has 4 aromatic rings. The van der Waals surface area contributed by atoms with Gasteiger partial charge in [-0.3, -0.25) is 19.4 Å². The highest BCUT2D eigenvalue weighted by molar-refractivity contribution is 6.31. The van der Waals surface area contributed by atoms with Crippen molar-refractivity contribution in [3.8, 4) is 0 Å². The lowest BCUT2D eigenvalue weighted by atomic mass is 9.99. The second kappa shape index (κ2) is 9.53. The molecule has 2 aromatic heterocycles. The van der Waals surface area contributed by atoms with Crippen molar-refractivity contribution in [1.82, 2.24) is 20.0 Å². The van der Waals surface area contributed by atoms with Crippen LogP contribution in [0.2, 0.25) is 0 Å². The molecule has 9 heteroatoms. The summed E-state index contributed by atoms with van der Waals surface area (Å²) < 4.78 is 1.70. The zero-order valence-electron chi connectivity index (χ0n) is 20.3. The van der Waals surface area contributed by atoms with E-state index in [2.05, 4.69) is 31.2 Å². The number of aryl methyl sites for hydroxylation is 3. The van der Waals surface area contributed by atoms with Gasteiger partial charge in [-0.15, -0.1) is 0 Å². The van der Waals surface area contributed by atoms with Crippen molar-refractivity contribution in [3.63, 3.8) is 0 Å². The molecule has 0 aliphatic carbocycles. The van der Waals surface area contributed by atoms with Crippen LogP contribution in [-0.2, 0) is 17.8 Å². The van der Waals surface area contributed by atoms with Gasteiger partial charge in [-0.25, -0.2) is 0 Å². The molecule has 9 nitrogen and oxygen atoms in total. The lowest BCUT2D eigenvalue weighted by molar-refractivity contribution is -0.110. The molecule has 0 saturated heterocycles. The van der Waals surface area contributed by atoms with Crippen LogP contribution in [0.1, 0.15) is 45.5 Å². The highest BCUT2D eigenvalue weighted by atomic mass is 16.2. The minimum absolute atomic E-state index is 0.148. The number of benzene rings is 2. The number of carbonyl (C=O) groups is 2. The van der Waals surface area contributed by atoms with Gasteiger partial charge in [-0.1, -0.05) is 18.2 Å². The zero-order valence-corrected chi connectivity index (χ0v) is 20.3. The van der Waals surface area contributed by atoms with Gasteiger partial charge in [0.25, 0.3) is 11.8 Å². The van der Waals surface area contributed by atoms with Gasteiger partial charge in [0, 0.05) is 35.7 Å². The largest absolute Gasteiger partial charge is 0.346 e. The van der Waals surface area contributed by atoms with E-state index in [1.807, 2.05) is 69.3 Å². The van der Waals surface area contributed by atoms with Crippen LogP contribution in [0.4, 0.5) is 17.2 Å². The Balaban J connectivity index is 1.28. The van der Waals surface area contributed by atoms with Crippen LogP contribution in [0.15, 0.2) is 60.8 Å². The molecule has 5 rings (SSSR count). The third-order valence-corrected chi connectivity index (χ3v) is 6.00. The smallest absolute Gasteiger partial charge is 0.273 e. The molecule has 1 aliphatic heterocycles. The Morgan fingerprint density at radius 2 is 1.81 bits per heavy atom. The first kappa shape index (κ1) is 23.1. The van der Waals surface area contributed by atoms with E-state index in [4.69, 9.17) is 0 Å². The molecule has 2 aromatic carbocycles. The first-order valence-corrected chi connectivity index (χ1v) is 11.8. The molecule has 4 N–H and O–H groups in total. The number of H-pyrrole nitrogens is 1. The standard InChI is InChI=1S/C27H27N7O2/c1-4-34-24(11-17(3)33-34)27(36)29-20-8-5-18(6-9-20)13-19-7-10-23-21(14-19)22(26(35)30-23)15-28-25-12-16(2)31-32-25/h5-12,14-15H,4,13H2,1-3H3,(H,29,36)(H,30,35)(H2,28,31,32)/b22-15-. The third-order valence-electron chi connectivity index (χ3n) is 6.00. The van der Waals surface area contributed by atoms with Crippen molar-refractivity contribution in [3.05, 3.63) is 94.6 Å². The molecule has 36 heavy (non-hydrogen) atoms. The normalized spacial score (nSPS) is 13.5. The minimum atomic E-state index is -0.181. The second-order valence-corrected chi connectivity index (χ2v) is 8.77. The quantitative estimate of drug-likeness (QED) is 0.290. The number of nitrogens with zero attached hydrogens (tertiary/aromatic N) is 3. The first-order valence-electron chi connectivity index (χ1n) is 11.8. The Morgan fingerprint density at radius 1 is 1.03 bits per heavy atom. The number of rotatable bonds is 7. The number of hydrogen-bond donors (Lipinski definition) is 4. The summed E-state index contributed by atoms with van der Waals surface area (Å²) >= 11 is 0. The minimum Gasteiger partial charge on any atom is -0.346 e. The van der Waals surface area contributed by atoms with Crippen molar-refractivity contribution in [2.45, 2.75) is 33.7 Å². The number of amides is 2. The maximum Gasteiger partial charge on any atom is 0.273 e. The van der Waals surface area contributed by atoms with Crippen molar-refractivity contribution in [2.75, 3.05) is 16.0 Å². The number of nitrogens with one attached hydrogen (secondary N) is 4. The molecular formula is C27H27N7O2. The topological polar surface area (TPSA) is 117 Å². The summed E-state index contributed by atoms with van der Waals surface area (Å²) in [5.41, 5.74) is 7.32. The van der Waals surface area contributed by atoms with Crippen molar-refractivity contribution < 1.29 is 9.59 Å². The van der Waals surface area contributed by atoms with Gasteiger partial charge in [0.1, 0.15) is 11.5 Å². The summed E-state index contributed by atoms with van der Waals surface area (Å²) in [5.74, 6) is 0.392. The maximum atomic E-state index is 12.7. The fraction of sp³-hybridized carbons (Fsp3) is 0.185. The van der Waals surface area contributed by atoms with Gasteiger partial charge in [0.05, 0.1) is 17.0 Å². The van der Waals surface area contributed by atoms with E-state index in [1.165, 1.54) is 0 Å². The molecule has 0 radical (unpaired) electrons. The number of carbonyl (C=O) groups excluding carboxylic acids is 2. The third kappa shape index (κ3) is 4.76. The van der Waals surface area contributed by atoms with Crippen LogP contribution in [0, 0.1) is 13.8 Å². The number of aromatic nitrogens is 4. The van der Waals surface area contributed by atoms with Gasteiger partial charge >= 0.3 is 0 Å². The summed E-state index contributed by atoms with van der Waals surface area (Å²) in [7, 11) is 0. The van der Waals surface area contributed by atoms with Gasteiger partial charge in [0.15, 0.2) is 0 Å². The Bertz CT molecular complexity index is 1480. The van der Waals surface area contributed by atoms with E-state index in [0.29, 0.717) is 24.2 Å². The molecule has 0 atom stereocenters. The molecule has 0 bridgehead atoms. The lowest BCUT2D eigenvalue weighted by Gasteiger charge is -2.09. The van der Waals surface area contributed by atoms with Crippen LogP contribution >= 0.6 is 0 Å². The average molecular weight is 482 g/mol. The molecule has 0 spiro atoms. The van der Waals surface area contributed by atoms with E-state index < -0.39 is 0 Å². The van der Waals surface area contributed by atoms with Crippen LogP contribution in [0.25, 0.3) is 5.57 Å². The van der Waals surface area contributed by atoms with E-state index in [9.17, 15) is 9.59 Å². The average Bonchev–Trinajstić information content (AvgIpc) is 3.54. The van der Waals surface area contributed by atoms with Crippen molar-refractivity contribution in [1.29, 1.82) is 0 Å². The summed E-state index contributed by atoms with van der Waals surface area (Å²) in [4.78, 5) is 25.2. The van der Waals surface area contributed by atoms with Gasteiger partial charge in [-0.2, -0.15) is 10.2 Å². The van der Waals surface area contributed by atoms with E-state index in [-0.39, 0.29) is 11.8 Å². The summed E-state index contributed by atoms with van der Waals surface area (Å²) in [6.07, 6.45) is 2.39. The highest BCUT2D eigenvalue weighted by Gasteiger charge is 2.24. The maximum absolute atomic E-state index is 12.7. The number of aromatic amines is 1. The van der Waals surface area contributed by atoms with E-state index in [1.54, 1.807) is 16.9 Å². The monoisotopic (exact) mass is 481 g/mol. The lowest BCUT2D eigenvalue weighted by Crippen LogP contribution is -2.17. The summed E-state index contributed by atoms with van der Waals surface area (Å²) in [5, 5.41) is 20.3. The molecule has 1 aliphatic rings. The number of fused-ring (bicyclic) bond motifs is 1. The SMILES string of the molecule is CCn1nc(C)cc1C(=O)Nc1ccc(Cc2ccc3c(c2)/C(=C/Nc2cc(C)n[nH]2)C(=O)N3)cc1. The highest BCUT2D eigenvalue weighted by Crippen LogP contribution is 2.33. The molecule has 2 amide bonds. The van der Waals surface area contributed by atoms with Crippen molar-refractivity contribution >= 4 is 34.6 Å². The molecule has 0 saturated carbocycles. The van der Waals surface area contributed by atoms with E-state index in [0.717, 1.165) is 45.3 Å². The molecule has 0 fully saturated rings. The predicted octanol–water partition coefficient (Wildman–Crippen LogP) is 4.49. The Labute approximate surface area is 208 Å². The van der Waals surface area contributed by atoms with Crippen LogP contribution < -0.4 is 16.0 Å². The Kier molecular flexibility index (Phi) is 6.12. The number of hydrogen-bond acceptors (Lipinski definition) is 5. The predicted molar refractivity (Wildman–Crippen MR) is 140 cm³/mol.